The molecule has 0 aromatic heterocycles. The van der Waals surface area contributed by atoms with Gasteiger partial charge in [0.2, 0.25) is 0 Å². The maximum absolute atomic E-state index is 11.7. The normalized spacial score (nSPS) is 18.1. The second-order valence-corrected chi connectivity index (χ2v) is 7.31. The third-order valence-corrected chi connectivity index (χ3v) is 5.26. The van der Waals surface area contributed by atoms with Crippen molar-refractivity contribution < 1.29 is 8.42 Å². The van der Waals surface area contributed by atoms with E-state index in [2.05, 4.69) is 12.2 Å². The van der Waals surface area contributed by atoms with E-state index >= 15 is 0 Å². The fourth-order valence-corrected chi connectivity index (χ4v) is 3.42. The first-order chi connectivity index (χ1) is 8.47. The number of para-hydroxylation sites is 1. The summed E-state index contributed by atoms with van der Waals surface area (Å²) in [5, 5.41) is 3.33. The molecule has 0 aliphatic heterocycles. The Hall–Kier alpha value is -1.03. The molecular weight excluding hydrogens is 246 g/mol. The van der Waals surface area contributed by atoms with Crippen molar-refractivity contribution in [2.75, 3.05) is 18.1 Å². The standard InChI is InChI=1S/C14H21NO2S/c1-3-14(9-6-10-14)11-15-12-7-4-5-8-13(12)18(2,16)17/h4-5,7-8,15H,3,6,9-11H2,1-2H3. The van der Waals surface area contributed by atoms with Crippen LogP contribution in [0.4, 0.5) is 5.69 Å². The maximum atomic E-state index is 11.7. The first kappa shape index (κ1) is 13.4. The van der Waals surface area contributed by atoms with Gasteiger partial charge in [-0.1, -0.05) is 25.5 Å². The Morgan fingerprint density at radius 1 is 1.28 bits per heavy atom. The molecule has 100 valence electrons. The number of hydrogen-bond acceptors (Lipinski definition) is 3. The van der Waals surface area contributed by atoms with Crippen LogP contribution < -0.4 is 5.32 Å². The number of hydrogen-bond donors (Lipinski definition) is 1. The molecule has 0 amide bonds. The molecule has 3 nitrogen and oxygen atoms in total. The monoisotopic (exact) mass is 267 g/mol. The van der Waals surface area contributed by atoms with E-state index in [1.54, 1.807) is 12.1 Å². The molecule has 0 spiro atoms. The summed E-state index contributed by atoms with van der Waals surface area (Å²) in [7, 11) is -3.16. The Balaban J connectivity index is 2.15. The molecule has 1 saturated carbocycles. The van der Waals surface area contributed by atoms with E-state index in [0.717, 1.165) is 18.7 Å². The van der Waals surface area contributed by atoms with Gasteiger partial charge in [-0.3, -0.25) is 0 Å². The topological polar surface area (TPSA) is 46.2 Å². The molecule has 2 rings (SSSR count). The van der Waals surface area contributed by atoms with Gasteiger partial charge in [0, 0.05) is 12.8 Å². The lowest BCUT2D eigenvalue weighted by Crippen LogP contribution is -2.36. The number of sulfone groups is 1. The Labute approximate surface area is 110 Å². The largest absolute Gasteiger partial charge is 0.383 e. The van der Waals surface area contributed by atoms with Crippen LogP contribution in [-0.2, 0) is 9.84 Å². The molecule has 0 heterocycles. The van der Waals surface area contributed by atoms with Gasteiger partial charge < -0.3 is 5.32 Å². The minimum atomic E-state index is -3.16. The molecule has 1 aliphatic rings. The average Bonchev–Trinajstić information content (AvgIpc) is 2.27. The smallest absolute Gasteiger partial charge is 0.177 e. The summed E-state index contributed by atoms with van der Waals surface area (Å²) >= 11 is 0. The third-order valence-electron chi connectivity index (χ3n) is 4.10. The van der Waals surface area contributed by atoms with Crippen LogP contribution in [0.25, 0.3) is 0 Å². The van der Waals surface area contributed by atoms with Gasteiger partial charge in [0.15, 0.2) is 9.84 Å². The minimum absolute atomic E-state index is 0.380. The molecule has 0 saturated heterocycles. The molecule has 1 aliphatic carbocycles. The summed E-state index contributed by atoms with van der Waals surface area (Å²) in [4.78, 5) is 0.399. The van der Waals surface area contributed by atoms with Crippen molar-refractivity contribution in [3.8, 4) is 0 Å². The molecule has 0 atom stereocenters. The summed E-state index contributed by atoms with van der Waals surface area (Å²) in [5.74, 6) is 0. The predicted octanol–water partition coefficient (Wildman–Crippen LogP) is 3.08. The maximum Gasteiger partial charge on any atom is 0.177 e. The van der Waals surface area contributed by atoms with Gasteiger partial charge in [0.25, 0.3) is 0 Å². The molecule has 1 fully saturated rings. The van der Waals surface area contributed by atoms with Crippen LogP contribution >= 0.6 is 0 Å². The van der Waals surface area contributed by atoms with E-state index in [0.29, 0.717) is 10.3 Å². The van der Waals surface area contributed by atoms with E-state index in [9.17, 15) is 8.42 Å². The first-order valence-corrected chi connectivity index (χ1v) is 8.39. The SMILES string of the molecule is CCC1(CNc2ccccc2S(C)(=O)=O)CCC1. The predicted molar refractivity (Wildman–Crippen MR) is 74.6 cm³/mol. The summed E-state index contributed by atoms with van der Waals surface area (Å²) in [6, 6.07) is 7.15. The molecule has 1 aromatic carbocycles. The van der Waals surface area contributed by atoms with Crippen molar-refractivity contribution >= 4 is 15.5 Å². The molecule has 18 heavy (non-hydrogen) atoms. The van der Waals surface area contributed by atoms with Crippen LogP contribution in [0, 0.1) is 5.41 Å². The van der Waals surface area contributed by atoms with Crippen molar-refractivity contribution in [3.05, 3.63) is 24.3 Å². The van der Waals surface area contributed by atoms with E-state index in [-0.39, 0.29) is 0 Å². The van der Waals surface area contributed by atoms with Crippen LogP contribution in [0.1, 0.15) is 32.6 Å². The average molecular weight is 267 g/mol. The minimum Gasteiger partial charge on any atom is -0.383 e. The Bertz CT molecular complexity index is 513. The summed E-state index contributed by atoms with van der Waals surface area (Å²) in [5.41, 5.74) is 1.12. The second kappa shape index (κ2) is 4.92. The zero-order valence-electron chi connectivity index (χ0n) is 11.1. The number of anilines is 1. The van der Waals surface area contributed by atoms with Crippen molar-refractivity contribution in [1.29, 1.82) is 0 Å². The van der Waals surface area contributed by atoms with Gasteiger partial charge >= 0.3 is 0 Å². The summed E-state index contributed by atoms with van der Waals surface area (Å²) in [6.45, 7) is 3.08. The van der Waals surface area contributed by atoms with Crippen molar-refractivity contribution in [2.45, 2.75) is 37.5 Å². The number of benzene rings is 1. The Morgan fingerprint density at radius 2 is 1.94 bits per heavy atom. The van der Waals surface area contributed by atoms with Crippen molar-refractivity contribution in [3.63, 3.8) is 0 Å². The summed E-state index contributed by atoms with van der Waals surface area (Å²) in [6.07, 6.45) is 6.20. The third kappa shape index (κ3) is 2.69. The van der Waals surface area contributed by atoms with Gasteiger partial charge in [-0.05, 0) is 36.8 Å². The molecule has 0 unspecified atom stereocenters. The van der Waals surface area contributed by atoms with Crippen LogP contribution in [0.5, 0.6) is 0 Å². The zero-order valence-corrected chi connectivity index (χ0v) is 11.9. The van der Waals surface area contributed by atoms with Gasteiger partial charge in [-0.25, -0.2) is 8.42 Å². The van der Waals surface area contributed by atoms with Crippen molar-refractivity contribution in [2.24, 2.45) is 5.41 Å². The Kier molecular flexibility index (Phi) is 3.66. The van der Waals surface area contributed by atoms with Crippen LogP contribution in [-0.4, -0.2) is 21.2 Å². The molecule has 1 aromatic rings. The first-order valence-electron chi connectivity index (χ1n) is 6.50. The van der Waals surface area contributed by atoms with Crippen LogP contribution in [0.15, 0.2) is 29.2 Å². The van der Waals surface area contributed by atoms with Crippen LogP contribution in [0.2, 0.25) is 0 Å². The molecule has 0 radical (unpaired) electrons. The zero-order chi connectivity index (χ0) is 13.2. The highest BCUT2D eigenvalue weighted by Crippen LogP contribution is 2.43. The van der Waals surface area contributed by atoms with E-state index < -0.39 is 9.84 Å². The van der Waals surface area contributed by atoms with Gasteiger partial charge in [-0.2, -0.15) is 0 Å². The van der Waals surface area contributed by atoms with Gasteiger partial charge in [0.1, 0.15) is 0 Å². The molecule has 0 bridgehead atoms. The van der Waals surface area contributed by atoms with Crippen molar-refractivity contribution in [1.82, 2.24) is 0 Å². The fraction of sp³-hybridized carbons (Fsp3) is 0.571. The van der Waals surface area contributed by atoms with Crippen LogP contribution in [0.3, 0.4) is 0 Å². The highest BCUT2D eigenvalue weighted by molar-refractivity contribution is 7.90. The lowest BCUT2D eigenvalue weighted by molar-refractivity contribution is 0.145. The van der Waals surface area contributed by atoms with Gasteiger partial charge in [-0.15, -0.1) is 0 Å². The fourth-order valence-electron chi connectivity index (χ4n) is 2.55. The molecular formula is C14H21NO2S. The van der Waals surface area contributed by atoms with Gasteiger partial charge in [0.05, 0.1) is 10.6 Å². The quantitative estimate of drug-likeness (QED) is 0.891. The lowest BCUT2D eigenvalue weighted by atomic mass is 9.67. The number of nitrogens with one attached hydrogen (secondary N) is 1. The summed E-state index contributed by atoms with van der Waals surface area (Å²) < 4.78 is 23.4. The Morgan fingerprint density at radius 3 is 2.44 bits per heavy atom. The van der Waals surface area contributed by atoms with E-state index in [1.165, 1.54) is 25.5 Å². The lowest BCUT2D eigenvalue weighted by Gasteiger charge is -2.41. The second-order valence-electron chi connectivity index (χ2n) is 5.33. The highest BCUT2D eigenvalue weighted by atomic mass is 32.2. The number of rotatable bonds is 5. The highest BCUT2D eigenvalue weighted by Gasteiger charge is 2.34. The van der Waals surface area contributed by atoms with E-state index in [1.807, 2.05) is 12.1 Å². The van der Waals surface area contributed by atoms with E-state index in [4.69, 9.17) is 0 Å². The molecule has 1 N–H and O–H groups in total. The molecule has 4 heteroatoms.